The third-order valence-electron chi connectivity index (χ3n) is 3.81. The minimum atomic E-state index is -4.87. The average molecular weight is 430 g/mol. The highest BCUT2D eigenvalue weighted by atomic mass is 32.1. The molecule has 0 radical (unpaired) electrons. The molecule has 0 spiro atoms. The first-order chi connectivity index (χ1) is 13.1. The number of ketones is 2. The molecule has 0 saturated heterocycles. The molecule has 8 nitrogen and oxygen atoms in total. The van der Waals surface area contributed by atoms with E-state index in [4.69, 9.17) is 9.79 Å². The van der Waals surface area contributed by atoms with E-state index in [0.717, 1.165) is 28.2 Å². The predicted molar refractivity (Wildman–Crippen MR) is 95.2 cm³/mol. The molecule has 1 aromatic carbocycles. The lowest BCUT2D eigenvalue weighted by Crippen LogP contribution is -2.03. The third kappa shape index (κ3) is 4.08. The molecule has 0 amide bonds. The van der Waals surface area contributed by atoms with Crippen LogP contribution in [0.3, 0.4) is 0 Å². The Hall–Kier alpha value is -2.30. The monoisotopic (exact) mass is 430 g/mol. The second-order valence-electron chi connectivity index (χ2n) is 5.69. The fourth-order valence-electron chi connectivity index (χ4n) is 2.58. The third-order valence-corrected chi connectivity index (χ3v) is 5.10. The quantitative estimate of drug-likeness (QED) is 0.436. The van der Waals surface area contributed by atoms with E-state index in [-0.39, 0.29) is 39.4 Å². The van der Waals surface area contributed by atoms with Gasteiger partial charge in [-0.1, -0.05) is 6.92 Å². The van der Waals surface area contributed by atoms with Crippen LogP contribution >= 0.6 is 19.2 Å². The number of hydrogen-bond donors (Lipinski definition) is 2. The van der Waals surface area contributed by atoms with Crippen LogP contribution in [-0.2, 0) is 15.8 Å². The highest BCUT2D eigenvalue weighted by Gasteiger charge is 2.24. The Balaban J connectivity index is 2.09. The van der Waals surface area contributed by atoms with Crippen LogP contribution in [0.1, 0.15) is 39.2 Å². The van der Waals surface area contributed by atoms with Crippen LogP contribution in [0.5, 0.6) is 0 Å². The van der Waals surface area contributed by atoms with Gasteiger partial charge in [0.05, 0.1) is 11.1 Å². The van der Waals surface area contributed by atoms with Crippen molar-refractivity contribution < 1.29 is 37.2 Å². The summed E-state index contributed by atoms with van der Waals surface area (Å²) in [5.41, 5.74) is -0.297. The summed E-state index contributed by atoms with van der Waals surface area (Å²) in [5, 5.41) is 1.24. The summed E-state index contributed by atoms with van der Waals surface area (Å²) in [6.07, 6.45) is 1.29. The number of phosphoric acid groups is 1. The number of fused-ring (bicyclic) bond motifs is 1. The molecule has 2 aromatic heterocycles. The number of nitrogens with zero attached hydrogens (tertiary/aromatic N) is 2. The number of phosphoric ester groups is 1. The lowest BCUT2D eigenvalue weighted by atomic mass is 10.1. The van der Waals surface area contributed by atoms with Crippen molar-refractivity contribution in [2.24, 2.45) is 0 Å². The largest absolute Gasteiger partial charge is 0.471 e. The van der Waals surface area contributed by atoms with Gasteiger partial charge in [-0.15, -0.1) is 11.3 Å². The Morgan fingerprint density at radius 3 is 2.68 bits per heavy atom. The number of Topliss-reactive ketones (excluding diaryl/α,β-unsaturated/α-hetero) is 1. The van der Waals surface area contributed by atoms with Gasteiger partial charge in [-0.2, -0.15) is 0 Å². The molecule has 0 aliphatic rings. The van der Waals surface area contributed by atoms with E-state index in [1.807, 2.05) is 0 Å². The molecule has 0 fully saturated rings. The van der Waals surface area contributed by atoms with Crippen LogP contribution in [0.15, 0.2) is 23.7 Å². The zero-order valence-corrected chi connectivity index (χ0v) is 16.0. The zero-order chi connectivity index (χ0) is 20.6. The van der Waals surface area contributed by atoms with Crippen molar-refractivity contribution in [3.8, 4) is 0 Å². The SMILES string of the molecule is CCC(=O)c1csc(C(=O)c2cn(COP(=O)(O)O)c3c(F)cc(F)cc23)n1. The van der Waals surface area contributed by atoms with Gasteiger partial charge in [0.15, 0.2) is 10.8 Å². The van der Waals surface area contributed by atoms with Crippen molar-refractivity contribution >= 4 is 41.6 Å². The van der Waals surface area contributed by atoms with E-state index in [2.05, 4.69) is 9.51 Å². The molecular formula is C16H13F2N2O6PS. The maximum absolute atomic E-state index is 14.3. The van der Waals surface area contributed by atoms with E-state index >= 15 is 0 Å². The molecule has 28 heavy (non-hydrogen) atoms. The Kier molecular flexibility index (Phi) is 5.55. The fourth-order valence-corrected chi connectivity index (χ4v) is 3.63. The standard InChI is InChI=1S/C16H13F2N2O6PS/c1-2-13(21)12-6-28-16(19-12)15(22)10-5-20(7-26-27(23,24)25)14-9(10)3-8(17)4-11(14)18/h3-6H,2,7H2,1H3,(H2,23,24,25). The van der Waals surface area contributed by atoms with E-state index < -0.39 is 32.0 Å². The molecule has 0 bridgehead atoms. The van der Waals surface area contributed by atoms with Crippen LogP contribution in [-0.4, -0.2) is 30.9 Å². The first-order valence-electron chi connectivity index (χ1n) is 7.82. The number of thiazole rings is 1. The van der Waals surface area contributed by atoms with Gasteiger partial charge in [0.25, 0.3) is 0 Å². The van der Waals surface area contributed by atoms with Crippen molar-refractivity contribution in [2.75, 3.05) is 0 Å². The summed E-state index contributed by atoms with van der Waals surface area (Å²) < 4.78 is 44.2. The lowest BCUT2D eigenvalue weighted by Gasteiger charge is -2.08. The average Bonchev–Trinajstić information content (AvgIpc) is 3.23. The molecule has 3 aromatic rings. The second-order valence-corrected chi connectivity index (χ2v) is 7.79. The molecule has 0 atom stereocenters. The number of carbonyl (C=O) groups is 2. The Morgan fingerprint density at radius 1 is 1.32 bits per heavy atom. The van der Waals surface area contributed by atoms with Gasteiger partial charge < -0.3 is 14.4 Å². The molecule has 12 heteroatoms. The summed E-state index contributed by atoms with van der Waals surface area (Å²) in [7, 11) is -4.87. The maximum atomic E-state index is 14.3. The topological polar surface area (TPSA) is 119 Å². The van der Waals surface area contributed by atoms with Crippen LogP contribution in [0.4, 0.5) is 8.78 Å². The van der Waals surface area contributed by atoms with Crippen molar-refractivity contribution in [2.45, 2.75) is 20.1 Å². The number of aromatic nitrogens is 2. The number of benzene rings is 1. The molecule has 0 unspecified atom stereocenters. The summed E-state index contributed by atoms with van der Waals surface area (Å²) in [6.45, 7) is 0.872. The normalized spacial score (nSPS) is 11.9. The van der Waals surface area contributed by atoms with Gasteiger partial charge in [0.1, 0.15) is 24.1 Å². The van der Waals surface area contributed by atoms with E-state index in [1.54, 1.807) is 6.92 Å². The first-order valence-corrected chi connectivity index (χ1v) is 10.2. The summed E-state index contributed by atoms with van der Waals surface area (Å²) in [4.78, 5) is 46.2. The summed E-state index contributed by atoms with van der Waals surface area (Å²) >= 11 is 0.906. The molecule has 148 valence electrons. The molecule has 0 aliphatic heterocycles. The maximum Gasteiger partial charge on any atom is 0.471 e. The van der Waals surface area contributed by atoms with Gasteiger partial charge in [0.2, 0.25) is 5.78 Å². The second kappa shape index (κ2) is 7.61. The zero-order valence-electron chi connectivity index (χ0n) is 14.3. The lowest BCUT2D eigenvalue weighted by molar-refractivity contribution is 0.0984. The van der Waals surface area contributed by atoms with Crippen LogP contribution in [0.2, 0.25) is 0 Å². The van der Waals surface area contributed by atoms with Crippen molar-refractivity contribution in [1.29, 1.82) is 0 Å². The van der Waals surface area contributed by atoms with Crippen molar-refractivity contribution in [3.63, 3.8) is 0 Å². The molecule has 3 rings (SSSR count). The van der Waals surface area contributed by atoms with Crippen LogP contribution in [0.25, 0.3) is 10.9 Å². The minimum Gasteiger partial charge on any atom is -0.320 e. The fraction of sp³-hybridized carbons (Fsp3) is 0.188. The van der Waals surface area contributed by atoms with E-state index in [0.29, 0.717) is 6.07 Å². The predicted octanol–water partition coefficient (Wildman–Crippen LogP) is 3.27. The Morgan fingerprint density at radius 2 is 2.04 bits per heavy atom. The number of carbonyl (C=O) groups excluding carboxylic acids is 2. The van der Waals surface area contributed by atoms with Gasteiger partial charge in [-0.05, 0) is 6.07 Å². The van der Waals surface area contributed by atoms with Gasteiger partial charge >= 0.3 is 7.82 Å². The Bertz CT molecular complexity index is 1140. The first kappa shape index (κ1) is 20.4. The Labute approximate surface area is 160 Å². The molecule has 0 aliphatic carbocycles. The summed E-state index contributed by atoms with van der Waals surface area (Å²) in [5.74, 6) is -2.92. The van der Waals surface area contributed by atoms with E-state index in [9.17, 15) is 22.9 Å². The van der Waals surface area contributed by atoms with Crippen molar-refractivity contribution in [1.82, 2.24) is 9.55 Å². The van der Waals surface area contributed by atoms with Gasteiger partial charge in [-0.3, -0.25) is 14.1 Å². The number of rotatable bonds is 7. The molecule has 0 saturated carbocycles. The molecule has 2 N–H and O–H groups in total. The van der Waals surface area contributed by atoms with Crippen LogP contribution < -0.4 is 0 Å². The van der Waals surface area contributed by atoms with Gasteiger partial charge in [0, 0.05) is 29.5 Å². The molecule has 2 heterocycles. The van der Waals surface area contributed by atoms with Crippen molar-refractivity contribution in [3.05, 3.63) is 51.6 Å². The minimum absolute atomic E-state index is 0.0589. The highest BCUT2D eigenvalue weighted by Crippen LogP contribution is 2.37. The van der Waals surface area contributed by atoms with E-state index in [1.165, 1.54) is 5.38 Å². The highest BCUT2D eigenvalue weighted by molar-refractivity contribution is 7.46. The smallest absolute Gasteiger partial charge is 0.320 e. The molecular weight excluding hydrogens is 417 g/mol. The van der Waals surface area contributed by atoms with Gasteiger partial charge in [-0.25, -0.2) is 18.3 Å². The number of halogens is 2. The van der Waals surface area contributed by atoms with Crippen LogP contribution in [0, 0.1) is 11.6 Å². The number of hydrogen-bond acceptors (Lipinski definition) is 6. The summed E-state index contributed by atoms with van der Waals surface area (Å²) in [6, 6.07) is 1.50.